The predicted octanol–water partition coefficient (Wildman–Crippen LogP) is 0.791. The predicted molar refractivity (Wildman–Crippen MR) is 38.4 cm³/mol. The molecule has 0 aromatic heterocycles. The van der Waals surface area contributed by atoms with Gasteiger partial charge in [-0.15, -0.1) is 0 Å². The van der Waals surface area contributed by atoms with Gasteiger partial charge in [-0.3, -0.25) is 14.5 Å². The average Bonchev–Trinajstić information content (AvgIpc) is 1.89. The maximum atomic E-state index is 10.6. The summed E-state index contributed by atoms with van der Waals surface area (Å²) in [7, 11) is 0. The van der Waals surface area contributed by atoms with Crippen LogP contribution in [0.15, 0.2) is 0 Å². The molecule has 0 aromatic carbocycles. The lowest BCUT2D eigenvalue weighted by Crippen LogP contribution is -2.27. The monoisotopic (exact) mass is 143 g/mol. The van der Waals surface area contributed by atoms with Gasteiger partial charge in [0.15, 0.2) is 0 Å². The first-order valence-electron chi connectivity index (χ1n) is 3.44. The Bertz CT molecular complexity index is 123. The van der Waals surface area contributed by atoms with Crippen LogP contribution in [0.5, 0.6) is 0 Å². The van der Waals surface area contributed by atoms with Crippen LogP contribution in [0.4, 0.5) is 0 Å². The molecule has 0 heterocycles. The molecule has 0 radical (unpaired) electrons. The van der Waals surface area contributed by atoms with E-state index in [1.54, 1.807) is 0 Å². The first kappa shape index (κ1) is 9.14. The Labute approximate surface area is 61.0 Å². The Morgan fingerprint density at radius 2 is 2.20 bits per heavy atom. The summed E-state index contributed by atoms with van der Waals surface area (Å²) >= 11 is 0. The zero-order valence-corrected chi connectivity index (χ0v) is 6.46. The standard InChI is InChI=1S/C7H13NO2/c1-3-4-5-8(6-9)7(2)10/h6H,3-5H2,1-2H3. The molecular formula is C7H13NO2. The summed E-state index contributed by atoms with van der Waals surface area (Å²) in [5.74, 6) is -0.177. The Hall–Kier alpha value is -0.860. The van der Waals surface area contributed by atoms with E-state index in [-0.39, 0.29) is 5.91 Å². The lowest BCUT2D eigenvalue weighted by Gasteiger charge is -2.10. The largest absolute Gasteiger partial charge is 0.286 e. The van der Waals surface area contributed by atoms with Crippen LogP contribution in [0.2, 0.25) is 0 Å². The molecule has 0 aliphatic carbocycles. The van der Waals surface area contributed by atoms with E-state index in [9.17, 15) is 9.59 Å². The molecule has 0 rings (SSSR count). The fraction of sp³-hybridized carbons (Fsp3) is 0.714. The van der Waals surface area contributed by atoms with Crippen molar-refractivity contribution in [1.29, 1.82) is 0 Å². The van der Waals surface area contributed by atoms with Gasteiger partial charge in [-0.05, 0) is 6.42 Å². The first-order valence-corrected chi connectivity index (χ1v) is 3.44. The maximum Gasteiger partial charge on any atom is 0.225 e. The Kier molecular flexibility index (Phi) is 4.54. The van der Waals surface area contributed by atoms with Crippen LogP contribution < -0.4 is 0 Å². The van der Waals surface area contributed by atoms with Gasteiger partial charge in [-0.25, -0.2) is 0 Å². The van der Waals surface area contributed by atoms with E-state index in [1.165, 1.54) is 11.8 Å². The molecule has 0 aromatic rings. The molecular weight excluding hydrogens is 130 g/mol. The van der Waals surface area contributed by atoms with Crippen molar-refractivity contribution in [2.24, 2.45) is 0 Å². The number of carbonyl (C=O) groups excluding carboxylic acids is 2. The third kappa shape index (κ3) is 3.22. The number of rotatable bonds is 4. The summed E-state index contributed by atoms with van der Waals surface area (Å²) in [4.78, 5) is 21.9. The lowest BCUT2D eigenvalue weighted by atomic mass is 10.3. The SMILES string of the molecule is CCCCN(C=O)C(C)=O. The molecule has 0 spiro atoms. The summed E-state index contributed by atoms with van der Waals surface area (Å²) in [5, 5.41) is 0. The second kappa shape index (κ2) is 4.97. The van der Waals surface area contributed by atoms with Crippen molar-refractivity contribution in [3.8, 4) is 0 Å². The number of hydrogen-bond donors (Lipinski definition) is 0. The van der Waals surface area contributed by atoms with E-state index in [0.29, 0.717) is 13.0 Å². The van der Waals surface area contributed by atoms with Crippen molar-refractivity contribution in [2.75, 3.05) is 6.54 Å². The third-order valence-electron chi connectivity index (χ3n) is 1.28. The minimum Gasteiger partial charge on any atom is -0.286 e. The van der Waals surface area contributed by atoms with Gasteiger partial charge in [0.25, 0.3) is 0 Å². The topological polar surface area (TPSA) is 37.4 Å². The molecule has 0 unspecified atom stereocenters. The van der Waals surface area contributed by atoms with Crippen LogP contribution in [0.25, 0.3) is 0 Å². The Balaban J connectivity index is 3.60. The summed E-state index contributed by atoms with van der Waals surface area (Å²) in [6.45, 7) is 3.96. The van der Waals surface area contributed by atoms with Gasteiger partial charge in [-0.2, -0.15) is 0 Å². The van der Waals surface area contributed by atoms with E-state index in [0.717, 1.165) is 12.8 Å². The molecule has 58 valence electrons. The van der Waals surface area contributed by atoms with Gasteiger partial charge in [0, 0.05) is 13.5 Å². The molecule has 3 heteroatoms. The van der Waals surface area contributed by atoms with Crippen molar-refractivity contribution < 1.29 is 9.59 Å². The quantitative estimate of drug-likeness (QED) is 0.546. The van der Waals surface area contributed by atoms with Crippen molar-refractivity contribution in [2.45, 2.75) is 26.7 Å². The van der Waals surface area contributed by atoms with E-state index in [4.69, 9.17) is 0 Å². The Morgan fingerprint density at radius 3 is 2.50 bits per heavy atom. The fourth-order valence-corrected chi connectivity index (χ4v) is 0.613. The summed E-state index contributed by atoms with van der Waals surface area (Å²) in [6.07, 6.45) is 2.47. The number of hydrogen-bond acceptors (Lipinski definition) is 2. The van der Waals surface area contributed by atoms with Crippen LogP contribution in [0.1, 0.15) is 26.7 Å². The minimum absolute atomic E-state index is 0.177. The van der Waals surface area contributed by atoms with Crippen LogP contribution >= 0.6 is 0 Å². The second-order valence-electron chi connectivity index (χ2n) is 2.17. The smallest absolute Gasteiger partial charge is 0.225 e. The lowest BCUT2D eigenvalue weighted by molar-refractivity contribution is -0.136. The first-order chi connectivity index (χ1) is 4.72. The second-order valence-corrected chi connectivity index (χ2v) is 2.17. The van der Waals surface area contributed by atoms with Gasteiger partial charge >= 0.3 is 0 Å². The average molecular weight is 143 g/mol. The van der Waals surface area contributed by atoms with E-state index in [1.807, 2.05) is 6.92 Å². The van der Waals surface area contributed by atoms with Gasteiger partial charge < -0.3 is 0 Å². The maximum absolute atomic E-state index is 10.6. The van der Waals surface area contributed by atoms with Crippen molar-refractivity contribution in [1.82, 2.24) is 4.90 Å². The Morgan fingerprint density at radius 1 is 1.60 bits per heavy atom. The molecule has 0 bridgehead atoms. The molecule has 0 N–H and O–H groups in total. The highest BCUT2D eigenvalue weighted by atomic mass is 16.2. The van der Waals surface area contributed by atoms with Crippen molar-refractivity contribution in [3.63, 3.8) is 0 Å². The van der Waals surface area contributed by atoms with E-state index >= 15 is 0 Å². The molecule has 0 atom stereocenters. The zero-order valence-electron chi connectivity index (χ0n) is 6.46. The highest BCUT2D eigenvalue weighted by Gasteiger charge is 2.03. The number of nitrogens with zero attached hydrogens (tertiary/aromatic N) is 1. The molecule has 3 nitrogen and oxygen atoms in total. The van der Waals surface area contributed by atoms with Gasteiger partial charge in [0.1, 0.15) is 0 Å². The fourth-order valence-electron chi connectivity index (χ4n) is 0.613. The highest BCUT2D eigenvalue weighted by Crippen LogP contribution is 1.91. The van der Waals surface area contributed by atoms with Crippen molar-refractivity contribution in [3.05, 3.63) is 0 Å². The van der Waals surface area contributed by atoms with E-state index in [2.05, 4.69) is 0 Å². The van der Waals surface area contributed by atoms with E-state index < -0.39 is 0 Å². The van der Waals surface area contributed by atoms with Gasteiger partial charge in [0.05, 0.1) is 0 Å². The number of unbranched alkanes of at least 4 members (excludes halogenated alkanes) is 1. The van der Waals surface area contributed by atoms with Crippen LogP contribution in [0.3, 0.4) is 0 Å². The van der Waals surface area contributed by atoms with Crippen LogP contribution in [0, 0.1) is 0 Å². The number of carbonyl (C=O) groups is 2. The molecule has 10 heavy (non-hydrogen) atoms. The molecule has 0 aliphatic heterocycles. The molecule has 0 fully saturated rings. The highest BCUT2D eigenvalue weighted by molar-refractivity contribution is 5.83. The molecule has 0 saturated carbocycles. The van der Waals surface area contributed by atoms with Gasteiger partial charge in [0.2, 0.25) is 12.3 Å². The van der Waals surface area contributed by atoms with Crippen LogP contribution in [-0.2, 0) is 9.59 Å². The van der Waals surface area contributed by atoms with Crippen molar-refractivity contribution >= 4 is 12.3 Å². The number of amides is 2. The normalized spacial score (nSPS) is 9.00. The third-order valence-corrected chi connectivity index (χ3v) is 1.28. The molecule has 0 saturated heterocycles. The zero-order chi connectivity index (χ0) is 7.98. The summed E-state index contributed by atoms with van der Waals surface area (Å²) < 4.78 is 0. The molecule has 2 amide bonds. The summed E-state index contributed by atoms with van der Waals surface area (Å²) in [5.41, 5.74) is 0. The summed E-state index contributed by atoms with van der Waals surface area (Å²) in [6, 6.07) is 0. The minimum atomic E-state index is -0.177. The number of imide groups is 1. The van der Waals surface area contributed by atoms with Crippen LogP contribution in [-0.4, -0.2) is 23.8 Å². The van der Waals surface area contributed by atoms with Gasteiger partial charge in [-0.1, -0.05) is 13.3 Å². The molecule has 0 aliphatic rings.